The van der Waals surface area contributed by atoms with Gasteiger partial charge in [0.1, 0.15) is 11.6 Å². The number of carboxylic acid groups (broad SMARTS) is 1. The van der Waals surface area contributed by atoms with Gasteiger partial charge in [0.25, 0.3) is 0 Å². The Bertz CT molecular complexity index is 1040. The van der Waals surface area contributed by atoms with E-state index in [1.165, 1.54) is 0 Å². The van der Waals surface area contributed by atoms with E-state index in [0.29, 0.717) is 19.3 Å². The first kappa shape index (κ1) is 21.5. The highest BCUT2D eigenvalue weighted by Gasteiger charge is 2.38. The Balaban J connectivity index is 1.81. The number of carbonyl (C=O) groups is 1. The number of aromatic nitrogens is 2. The molecule has 0 aliphatic heterocycles. The second-order valence-corrected chi connectivity index (χ2v) is 7.92. The highest BCUT2D eigenvalue weighted by molar-refractivity contribution is 5.72. The quantitative estimate of drug-likeness (QED) is 0.388. The molecule has 1 unspecified atom stereocenters. The molecule has 0 aliphatic rings. The number of hydrogen-bond acceptors (Lipinski definition) is 3. The smallest absolute Gasteiger partial charge is 0.320 e. The van der Waals surface area contributed by atoms with Crippen molar-refractivity contribution in [3.05, 3.63) is 126 Å². The number of aryl methyl sites for hydroxylation is 1. The third kappa shape index (κ3) is 4.20. The Morgan fingerprint density at radius 3 is 1.78 bits per heavy atom. The summed E-state index contributed by atoms with van der Waals surface area (Å²) < 4.78 is 2.17. The third-order valence-corrected chi connectivity index (χ3v) is 5.86. The van der Waals surface area contributed by atoms with Gasteiger partial charge in [-0.25, -0.2) is 4.98 Å². The Morgan fingerprint density at radius 2 is 1.34 bits per heavy atom. The average molecular weight is 426 g/mol. The predicted molar refractivity (Wildman–Crippen MR) is 125 cm³/mol. The van der Waals surface area contributed by atoms with Crippen molar-refractivity contribution >= 4 is 5.97 Å². The van der Waals surface area contributed by atoms with Gasteiger partial charge in [-0.1, -0.05) is 91.0 Å². The molecule has 0 spiro atoms. The Hall–Kier alpha value is -3.70. The molecule has 32 heavy (non-hydrogen) atoms. The van der Waals surface area contributed by atoms with Gasteiger partial charge >= 0.3 is 5.97 Å². The number of carboxylic acids is 1. The zero-order chi connectivity index (χ0) is 22.4. The normalized spacial score (nSPS) is 12.4. The first-order chi connectivity index (χ1) is 15.6. The molecule has 0 saturated heterocycles. The zero-order valence-corrected chi connectivity index (χ0v) is 17.8. The molecule has 0 radical (unpaired) electrons. The lowest BCUT2D eigenvalue weighted by molar-refractivity contribution is -0.138. The van der Waals surface area contributed by atoms with Crippen molar-refractivity contribution in [3.8, 4) is 0 Å². The highest BCUT2D eigenvalue weighted by atomic mass is 16.4. The number of hydrogen-bond donors (Lipinski definition) is 2. The van der Waals surface area contributed by atoms with Gasteiger partial charge in [-0.05, 0) is 36.0 Å². The molecular formula is C27H27N3O2. The van der Waals surface area contributed by atoms with Crippen LogP contribution in [0.5, 0.6) is 0 Å². The lowest BCUT2D eigenvalue weighted by Gasteiger charge is -2.37. The van der Waals surface area contributed by atoms with E-state index in [1.54, 1.807) is 0 Å². The molecule has 0 aliphatic carbocycles. The van der Waals surface area contributed by atoms with Crippen molar-refractivity contribution < 1.29 is 9.90 Å². The summed E-state index contributed by atoms with van der Waals surface area (Å²) in [4.78, 5) is 15.7. The molecular weight excluding hydrogens is 398 g/mol. The van der Waals surface area contributed by atoms with Gasteiger partial charge in [0.15, 0.2) is 0 Å². The molecule has 1 atom stereocenters. The first-order valence-corrected chi connectivity index (χ1v) is 10.8. The van der Waals surface area contributed by atoms with E-state index < -0.39 is 17.6 Å². The minimum absolute atomic E-state index is 0.420. The van der Waals surface area contributed by atoms with E-state index in [-0.39, 0.29) is 0 Å². The van der Waals surface area contributed by atoms with Gasteiger partial charge in [-0.3, -0.25) is 4.79 Å². The maximum Gasteiger partial charge on any atom is 0.320 e. The van der Waals surface area contributed by atoms with Crippen molar-refractivity contribution in [2.24, 2.45) is 5.73 Å². The van der Waals surface area contributed by atoms with Crippen LogP contribution in [0.4, 0.5) is 0 Å². The van der Waals surface area contributed by atoms with Crippen LogP contribution in [0.15, 0.2) is 104 Å². The van der Waals surface area contributed by atoms with E-state index >= 15 is 0 Å². The standard InChI is InChI=1S/C27H27N3O2/c28-25(26(31)32)18-10-17-24-19-30(20-29-24)27(21-11-4-1-5-12-21,22-13-6-2-7-14-22)23-15-8-3-9-16-23/h1-9,11-16,19-20,25H,10,17-18,28H2,(H,31,32). The van der Waals surface area contributed by atoms with Gasteiger partial charge in [0, 0.05) is 6.20 Å². The second-order valence-electron chi connectivity index (χ2n) is 7.92. The fourth-order valence-corrected chi connectivity index (χ4v) is 4.29. The van der Waals surface area contributed by atoms with Crippen LogP contribution in [0.25, 0.3) is 0 Å². The molecule has 3 aromatic carbocycles. The van der Waals surface area contributed by atoms with E-state index in [4.69, 9.17) is 10.8 Å². The number of benzene rings is 3. The first-order valence-electron chi connectivity index (χ1n) is 10.8. The number of imidazole rings is 1. The monoisotopic (exact) mass is 425 g/mol. The lowest BCUT2D eigenvalue weighted by atomic mass is 9.77. The van der Waals surface area contributed by atoms with Gasteiger partial charge in [-0.15, -0.1) is 0 Å². The fraction of sp³-hybridized carbons (Fsp3) is 0.185. The largest absolute Gasteiger partial charge is 0.480 e. The van der Waals surface area contributed by atoms with Crippen molar-refractivity contribution in [1.82, 2.24) is 9.55 Å². The number of rotatable bonds is 9. The maximum atomic E-state index is 11.0. The molecule has 0 amide bonds. The van der Waals surface area contributed by atoms with E-state index in [1.807, 2.05) is 24.5 Å². The fourth-order valence-electron chi connectivity index (χ4n) is 4.29. The summed E-state index contributed by atoms with van der Waals surface area (Å²) in [6.07, 6.45) is 5.70. The molecule has 162 valence electrons. The summed E-state index contributed by atoms with van der Waals surface area (Å²) in [5.74, 6) is -0.966. The van der Waals surface area contributed by atoms with Crippen LogP contribution in [0, 0.1) is 0 Å². The third-order valence-electron chi connectivity index (χ3n) is 5.86. The van der Waals surface area contributed by atoms with Crippen molar-refractivity contribution in [2.45, 2.75) is 30.8 Å². The van der Waals surface area contributed by atoms with Gasteiger partial charge in [0.05, 0.1) is 12.0 Å². The van der Waals surface area contributed by atoms with E-state index in [0.717, 1.165) is 22.4 Å². The Kier molecular flexibility index (Phi) is 6.47. The molecule has 0 saturated carbocycles. The summed E-state index contributed by atoms with van der Waals surface area (Å²) in [6, 6.07) is 30.4. The maximum absolute atomic E-state index is 11.0. The van der Waals surface area contributed by atoms with Crippen molar-refractivity contribution in [1.29, 1.82) is 0 Å². The van der Waals surface area contributed by atoms with Gasteiger partial charge in [-0.2, -0.15) is 0 Å². The number of nitrogens with two attached hydrogens (primary N) is 1. The van der Waals surface area contributed by atoms with E-state index in [2.05, 4.69) is 88.5 Å². The second kappa shape index (κ2) is 9.62. The van der Waals surface area contributed by atoms with E-state index in [9.17, 15) is 4.79 Å². The predicted octanol–water partition coefficient (Wildman–Crippen LogP) is 4.46. The van der Waals surface area contributed by atoms with Crippen LogP contribution in [0.3, 0.4) is 0 Å². The van der Waals surface area contributed by atoms with Crippen LogP contribution in [0.2, 0.25) is 0 Å². The summed E-state index contributed by atoms with van der Waals surface area (Å²) in [5.41, 5.74) is 9.38. The highest BCUT2D eigenvalue weighted by Crippen LogP contribution is 2.40. The summed E-state index contributed by atoms with van der Waals surface area (Å²) in [6.45, 7) is 0. The SMILES string of the molecule is NC(CCCc1cn(C(c2ccccc2)(c2ccccc2)c2ccccc2)cn1)C(=O)O. The molecule has 4 aromatic rings. The average Bonchev–Trinajstić information content (AvgIpc) is 3.30. The zero-order valence-electron chi connectivity index (χ0n) is 17.8. The Labute approximate surface area is 188 Å². The molecule has 0 fully saturated rings. The van der Waals surface area contributed by atoms with Crippen molar-refractivity contribution in [2.75, 3.05) is 0 Å². The van der Waals surface area contributed by atoms with Crippen molar-refractivity contribution in [3.63, 3.8) is 0 Å². The minimum atomic E-state index is -0.966. The number of aliphatic carboxylic acids is 1. The molecule has 1 heterocycles. The van der Waals surface area contributed by atoms with Gasteiger partial charge < -0.3 is 15.4 Å². The molecule has 1 aromatic heterocycles. The topological polar surface area (TPSA) is 81.1 Å². The van der Waals surface area contributed by atoms with Crippen LogP contribution >= 0.6 is 0 Å². The molecule has 5 heteroatoms. The van der Waals surface area contributed by atoms with Gasteiger partial charge in [0.2, 0.25) is 0 Å². The minimum Gasteiger partial charge on any atom is -0.480 e. The number of nitrogens with zero attached hydrogens (tertiary/aromatic N) is 2. The molecule has 4 rings (SSSR count). The summed E-state index contributed by atoms with van der Waals surface area (Å²) in [7, 11) is 0. The molecule has 0 bridgehead atoms. The van der Waals surface area contributed by atoms with Crippen LogP contribution in [0.1, 0.15) is 35.2 Å². The Morgan fingerprint density at radius 1 is 0.875 bits per heavy atom. The van der Waals surface area contributed by atoms with Crippen LogP contribution in [-0.4, -0.2) is 26.7 Å². The molecule has 5 nitrogen and oxygen atoms in total. The van der Waals surface area contributed by atoms with Crippen LogP contribution in [-0.2, 0) is 16.8 Å². The molecule has 3 N–H and O–H groups in total. The lowest BCUT2D eigenvalue weighted by Crippen LogP contribution is -2.36. The summed E-state index contributed by atoms with van der Waals surface area (Å²) in [5, 5.41) is 9.02. The van der Waals surface area contributed by atoms with Crippen LogP contribution < -0.4 is 5.73 Å². The summed E-state index contributed by atoms with van der Waals surface area (Å²) >= 11 is 0.